The van der Waals surface area contributed by atoms with E-state index in [1.54, 1.807) is 6.07 Å². The smallest absolute Gasteiger partial charge is 0.150 e. The Morgan fingerprint density at radius 1 is 1.17 bits per heavy atom. The zero-order chi connectivity index (χ0) is 12.5. The molecule has 3 rings (SSSR count). The van der Waals surface area contributed by atoms with Crippen LogP contribution in [0.15, 0.2) is 18.2 Å². The first-order chi connectivity index (χ1) is 8.78. The number of fused-ring (bicyclic) bond motifs is 1. The van der Waals surface area contributed by atoms with Crippen molar-refractivity contribution in [1.29, 1.82) is 0 Å². The van der Waals surface area contributed by atoms with Crippen LogP contribution in [0.4, 0.5) is 10.1 Å². The molecule has 1 aromatic rings. The number of nitrogens with zero attached hydrogens (tertiary/aromatic N) is 1. The average molecular weight is 247 g/mol. The third kappa shape index (κ3) is 2.02. The van der Waals surface area contributed by atoms with Crippen LogP contribution in [-0.4, -0.2) is 18.9 Å². The van der Waals surface area contributed by atoms with Crippen LogP contribution in [0.2, 0.25) is 0 Å². The Morgan fingerprint density at radius 2 is 2.00 bits per heavy atom. The fourth-order valence-electron chi connectivity index (χ4n) is 3.56. The van der Waals surface area contributed by atoms with Gasteiger partial charge in [0.15, 0.2) is 0 Å². The van der Waals surface area contributed by atoms with Gasteiger partial charge in [-0.2, -0.15) is 0 Å². The van der Waals surface area contributed by atoms with Gasteiger partial charge in [0.25, 0.3) is 0 Å². The van der Waals surface area contributed by atoms with Crippen molar-refractivity contribution in [1.82, 2.24) is 0 Å². The van der Waals surface area contributed by atoms with Gasteiger partial charge in [0.05, 0.1) is 0 Å². The Morgan fingerprint density at radius 3 is 2.83 bits per heavy atom. The highest BCUT2D eigenvalue weighted by molar-refractivity contribution is 5.77. The lowest BCUT2D eigenvalue weighted by Gasteiger charge is -2.33. The molecule has 0 aromatic heterocycles. The number of rotatable bonds is 2. The van der Waals surface area contributed by atoms with Gasteiger partial charge >= 0.3 is 0 Å². The minimum absolute atomic E-state index is 0.311. The summed E-state index contributed by atoms with van der Waals surface area (Å²) in [6.07, 6.45) is 7.04. The van der Waals surface area contributed by atoms with Gasteiger partial charge in [-0.15, -0.1) is 0 Å². The van der Waals surface area contributed by atoms with Crippen LogP contribution in [-0.2, 0) is 0 Å². The second kappa shape index (κ2) is 4.71. The van der Waals surface area contributed by atoms with Gasteiger partial charge in [-0.1, -0.05) is 12.8 Å². The number of carbonyl (C=O) groups excluding carboxylic acids is 1. The highest BCUT2D eigenvalue weighted by Crippen LogP contribution is 2.39. The van der Waals surface area contributed by atoms with Crippen molar-refractivity contribution in [2.45, 2.75) is 38.1 Å². The van der Waals surface area contributed by atoms with Crippen LogP contribution in [0.3, 0.4) is 0 Å². The molecule has 0 amide bonds. The normalized spacial score (nSPS) is 27.1. The van der Waals surface area contributed by atoms with Crippen molar-refractivity contribution in [2.24, 2.45) is 5.92 Å². The molecule has 0 spiro atoms. The first-order valence-corrected chi connectivity index (χ1v) is 6.80. The third-order valence-corrected chi connectivity index (χ3v) is 4.38. The van der Waals surface area contributed by atoms with Crippen molar-refractivity contribution in [2.75, 3.05) is 11.4 Å². The molecule has 2 fully saturated rings. The van der Waals surface area contributed by atoms with Gasteiger partial charge in [-0.3, -0.25) is 4.79 Å². The molecule has 0 radical (unpaired) electrons. The van der Waals surface area contributed by atoms with Crippen LogP contribution in [0.25, 0.3) is 0 Å². The number of hydrogen-bond acceptors (Lipinski definition) is 2. The van der Waals surface area contributed by atoms with E-state index in [2.05, 4.69) is 4.90 Å². The van der Waals surface area contributed by atoms with E-state index < -0.39 is 0 Å². The summed E-state index contributed by atoms with van der Waals surface area (Å²) in [6, 6.07) is 5.22. The first kappa shape index (κ1) is 11.7. The number of anilines is 1. The number of carbonyl (C=O) groups is 1. The number of aldehydes is 1. The molecule has 0 N–H and O–H groups in total. The molecule has 2 nitrogen and oxygen atoms in total. The van der Waals surface area contributed by atoms with Crippen LogP contribution in [0, 0.1) is 11.7 Å². The minimum Gasteiger partial charge on any atom is -0.368 e. The van der Waals surface area contributed by atoms with E-state index in [9.17, 15) is 9.18 Å². The quantitative estimate of drug-likeness (QED) is 0.746. The topological polar surface area (TPSA) is 20.3 Å². The van der Waals surface area contributed by atoms with Gasteiger partial charge in [-0.25, -0.2) is 4.39 Å². The monoisotopic (exact) mass is 247 g/mol. The Kier molecular flexibility index (Phi) is 3.06. The van der Waals surface area contributed by atoms with E-state index in [0.29, 0.717) is 11.6 Å². The molecular formula is C15H18FNO. The first-order valence-electron chi connectivity index (χ1n) is 6.80. The van der Waals surface area contributed by atoms with Crippen LogP contribution in [0.1, 0.15) is 42.5 Å². The molecule has 1 aliphatic carbocycles. The lowest BCUT2D eigenvalue weighted by Crippen LogP contribution is -2.34. The maximum absolute atomic E-state index is 13.5. The summed E-state index contributed by atoms with van der Waals surface area (Å²) in [5.41, 5.74) is 1.32. The molecular weight excluding hydrogens is 229 g/mol. The molecule has 1 aromatic carbocycles. The summed E-state index contributed by atoms with van der Waals surface area (Å²) < 4.78 is 13.5. The van der Waals surface area contributed by atoms with Gasteiger partial charge in [0.1, 0.15) is 12.1 Å². The molecule has 1 aliphatic heterocycles. The van der Waals surface area contributed by atoms with Crippen molar-refractivity contribution in [3.63, 3.8) is 0 Å². The highest BCUT2D eigenvalue weighted by atomic mass is 19.1. The summed E-state index contributed by atoms with van der Waals surface area (Å²) in [4.78, 5) is 13.1. The van der Waals surface area contributed by atoms with Crippen molar-refractivity contribution >= 4 is 12.0 Å². The maximum atomic E-state index is 13.5. The molecule has 1 saturated heterocycles. The summed E-state index contributed by atoms with van der Waals surface area (Å²) in [5, 5.41) is 0. The highest BCUT2D eigenvalue weighted by Gasteiger charge is 2.35. The standard InChI is InChI=1S/C15H18FNO/c16-13-7-11(10-18)8-14(9-13)17-6-5-12-3-1-2-4-15(12)17/h7-10,12,15H,1-6H2. The fraction of sp³-hybridized carbons (Fsp3) is 0.533. The molecule has 2 unspecified atom stereocenters. The van der Waals surface area contributed by atoms with E-state index in [-0.39, 0.29) is 5.82 Å². The predicted octanol–water partition coefficient (Wildman–Crippen LogP) is 3.41. The molecule has 1 saturated carbocycles. The SMILES string of the molecule is O=Cc1cc(F)cc(N2CCC3CCCCC32)c1. The second-order valence-electron chi connectivity index (χ2n) is 5.45. The summed E-state index contributed by atoms with van der Waals surface area (Å²) in [7, 11) is 0. The number of halogens is 1. The third-order valence-electron chi connectivity index (χ3n) is 4.38. The Hall–Kier alpha value is -1.38. The van der Waals surface area contributed by atoms with Gasteiger partial charge in [0, 0.05) is 23.8 Å². The van der Waals surface area contributed by atoms with Gasteiger partial charge < -0.3 is 4.90 Å². The van der Waals surface area contributed by atoms with Gasteiger partial charge in [0.2, 0.25) is 0 Å². The second-order valence-corrected chi connectivity index (χ2v) is 5.45. The molecule has 2 aliphatic rings. The number of hydrogen-bond donors (Lipinski definition) is 0. The zero-order valence-corrected chi connectivity index (χ0v) is 10.4. The largest absolute Gasteiger partial charge is 0.368 e. The van der Waals surface area contributed by atoms with E-state index in [4.69, 9.17) is 0 Å². The Balaban J connectivity index is 1.90. The molecule has 1 heterocycles. The summed E-state index contributed by atoms with van der Waals surface area (Å²) in [5.74, 6) is 0.454. The Bertz CT molecular complexity index is 460. The summed E-state index contributed by atoms with van der Waals surface area (Å²) in [6.45, 7) is 0.997. The van der Waals surface area contributed by atoms with Crippen LogP contribution < -0.4 is 4.90 Å². The van der Waals surface area contributed by atoms with E-state index in [1.807, 2.05) is 6.07 Å². The number of benzene rings is 1. The van der Waals surface area contributed by atoms with E-state index in [1.165, 1.54) is 38.2 Å². The maximum Gasteiger partial charge on any atom is 0.150 e. The molecule has 2 atom stereocenters. The molecule has 3 heteroatoms. The lowest BCUT2D eigenvalue weighted by atomic mass is 9.85. The fourth-order valence-corrected chi connectivity index (χ4v) is 3.56. The molecule has 96 valence electrons. The predicted molar refractivity (Wildman–Crippen MR) is 69.5 cm³/mol. The van der Waals surface area contributed by atoms with E-state index >= 15 is 0 Å². The van der Waals surface area contributed by atoms with Crippen molar-refractivity contribution in [3.05, 3.63) is 29.6 Å². The molecule has 0 bridgehead atoms. The van der Waals surface area contributed by atoms with Crippen LogP contribution >= 0.6 is 0 Å². The molecule has 18 heavy (non-hydrogen) atoms. The lowest BCUT2D eigenvalue weighted by molar-refractivity contribution is 0.112. The van der Waals surface area contributed by atoms with Gasteiger partial charge in [-0.05, 0) is 43.4 Å². The minimum atomic E-state index is -0.311. The van der Waals surface area contributed by atoms with Crippen molar-refractivity contribution in [3.8, 4) is 0 Å². The van der Waals surface area contributed by atoms with Crippen molar-refractivity contribution < 1.29 is 9.18 Å². The Labute approximate surface area is 107 Å². The van der Waals surface area contributed by atoms with Crippen LogP contribution in [0.5, 0.6) is 0 Å². The summed E-state index contributed by atoms with van der Waals surface area (Å²) >= 11 is 0. The average Bonchev–Trinajstić information content (AvgIpc) is 2.81. The zero-order valence-electron chi connectivity index (χ0n) is 10.4. The van der Waals surface area contributed by atoms with E-state index in [0.717, 1.165) is 24.4 Å².